The summed E-state index contributed by atoms with van der Waals surface area (Å²) >= 11 is 6.24. The highest BCUT2D eigenvalue weighted by molar-refractivity contribution is 6.30. The largest absolute Gasteiger partial charge is 0.494 e. The van der Waals surface area contributed by atoms with Crippen molar-refractivity contribution >= 4 is 17.3 Å². The molecule has 7 heteroatoms. The van der Waals surface area contributed by atoms with Crippen LogP contribution in [0.15, 0.2) is 65.8 Å². The number of hydrogen-bond acceptors (Lipinski definition) is 4. The summed E-state index contributed by atoms with van der Waals surface area (Å²) in [5, 5.41) is 7.22. The number of rotatable bonds is 4. The molecule has 0 aromatic heterocycles. The Hall–Kier alpha value is -3.12. The lowest BCUT2D eigenvalue weighted by molar-refractivity contribution is -0.0192. The summed E-state index contributed by atoms with van der Waals surface area (Å²) < 4.78 is 39.2. The van der Waals surface area contributed by atoms with Gasteiger partial charge in [-0.05, 0) is 67.1 Å². The predicted molar refractivity (Wildman–Crippen MR) is 115 cm³/mol. The third kappa shape index (κ3) is 3.61. The van der Waals surface area contributed by atoms with Crippen molar-refractivity contribution in [3.05, 3.63) is 94.0 Å². The van der Waals surface area contributed by atoms with Gasteiger partial charge in [0.2, 0.25) is 6.23 Å². The molecule has 0 bridgehead atoms. The SMILES string of the molecule is CCOc1ccc(C2=NN3[C@H](C2)c2cc(Cl)ccc2O[C@@H]3c2ccc(F)c(F)c2)cc1. The first-order valence-corrected chi connectivity index (χ1v) is 10.4. The monoisotopic (exact) mass is 440 g/mol. The van der Waals surface area contributed by atoms with Crippen LogP contribution >= 0.6 is 11.6 Å². The molecular formula is C24H19ClF2N2O2. The standard InChI is InChI=1S/C24H19ClF2N2O2/c1-2-30-17-7-3-14(4-8-17)21-13-22-18-12-16(25)6-10-23(18)31-24(29(22)28-21)15-5-9-19(26)20(27)11-15/h3-12,22,24H,2,13H2,1H3/t22-,24-/m1/s1. The first kappa shape index (κ1) is 19.8. The quantitative estimate of drug-likeness (QED) is 0.480. The van der Waals surface area contributed by atoms with Crippen LogP contribution in [0.3, 0.4) is 0 Å². The second-order valence-corrected chi connectivity index (χ2v) is 7.87. The van der Waals surface area contributed by atoms with Crippen LogP contribution in [0.5, 0.6) is 11.5 Å². The maximum absolute atomic E-state index is 14.0. The van der Waals surface area contributed by atoms with E-state index in [9.17, 15) is 8.78 Å². The van der Waals surface area contributed by atoms with E-state index in [2.05, 4.69) is 0 Å². The number of fused-ring (bicyclic) bond motifs is 3. The first-order chi connectivity index (χ1) is 15.0. The van der Waals surface area contributed by atoms with Crippen molar-refractivity contribution in [3.8, 4) is 11.5 Å². The molecule has 2 atom stereocenters. The van der Waals surface area contributed by atoms with E-state index in [1.54, 1.807) is 17.1 Å². The summed E-state index contributed by atoms with van der Waals surface area (Å²) in [6.07, 6.45) is -0.0563. The summed E-state index contributed by atoms with van der Waals surface area (Å²) in [5.41, 5.74) is 3.24. The van der Waals surface area contributed by atoms with Crippen molar-refractivity contribution in [3.63, 3.8) is 0 Å². The summed E-state index contributed by atoms with van der Waals surface area (Å²) in [6, 6.07) is 16.8. The van der Waals surface area contributed by atoms with Gasteiger partial charge < -0.3 is 9.47 Å². The average Bonchev–Trinajstić information content (AvgIpc) is 3.22. The number of benzene rings is 3. The van der Waals surface area contributed by atoms with Gasteiger partial charge in [0.15, 0.2) is 11.6 Å². The van der Waals surface area contributed by atoms with Crippen LogP contribution in [0.2, 0.25) is 5.02 Å². The highest BCUT2D eigenvalue weighted by atomic mass is 35.5. The third-order valence-electron chi connectivity index (χ3n) is 5.48. The second-order valence-electron chi connectivity index (χ2n) is 7.43. The van der Waals surface area contributed by atoms with E-state index in [1.807, 2.05) is 37.3 Å². The Morgan fingerprint density at radius 2 is 1.87 bits per heavy atom. The zero-order valence-corrected chi connectivity index (χ0v) is 17.4. The van der Waals surface area contributed by atoms with E-state index in [-0.39, 0.29) is 6.04 Å². The topological polar surface area (TPSA) is 34.1 Å². The smallest absolute Gasteiger partial charge is 0.213 e. The fraction of sp³-hybridized carbons (Fsp3) is 0.208. The fourth-order valence-corrected chi connectivity index (χ4v) is 4.21. The second kappa shape index (κ2) is 7.85. The summed E-state index contributed by atoms with van der Waals surface area (Å²) in [7, 11) is 0. The molecule has 158 valence electrons. The maximum Gasteiger partial charge on any atom is 0.213 e. The zero-order valence-electron chi connectivity index (χ0n) is 16.7. The highest BCUT2D eigenvalue weighted by Gasteiger charge is 2.41. The molecular weight excluding hydrogens is 422 g/mol. The molecule has 31 heavy (non-hydrogen) atoms. The van der Waals surface area contributed by atoms with Crippen LogP contribution in [0.4, 0.5) is 8.78 Å². The number of hydrazone groups is 1. The molecule has 0 saturated carbocycles. The Morgan fingerprint density at radius 3 is 2.61 bits per heavy atom. The normalized spacial score (nSPS) is 19.4. The predicted octanol–water partition coefficient (Wildman–Crippen LogP) is 6.26. The van der Waals surface area contributed by atoms with E-state index in [1.165, 1.54) is 6.07 Å². The minimum absolute atomic E-state index is 0.137. The average molecular weight is 441 g/mol. The van der Waals surface area contributed by atoms with Gasteiger partial charge in [0.1, 0.15) is 11.5 Å². The number of ether oxygens (including phenoxy) is 2. The molecule has 5 rings (SSSR count). The molecule has 3 aromatic rings. The maximum atomic E-state index is 14.0. The van der Waals surface area contributed by atoms with Gasteiger partial charge in [0, 0.05) is 22.6 Å². The van der Waals surface area contributed by atoms with Gasteiger partial charge in [-0.3, -0.25) is 0 Å². The van der Waals surface area contributed by atoms with Crippen LogP contribution < -0.4 is 9.47 Å². The minimum Gasteiger partial charge on any atom is -0.494 e. The van der Waals surface area contributed by atoms with Crippen molar-refractivity contribution in [1.82, 2.24) is 5.01 Å². The van der Waals surface area contributed by atoms with Crippen molar-refractivity contribution < 1.29 is 18.3 Å². The Bertz CT molecular complexity index is 1170. The lowest BCUT2D eigenvalue weighted by Crippen LogP contribution is -2.33. The molecule has 2 aliphatic rings. The van der Waals surface area contributed by atoms with Crippen LogP contribution in [-0.4, -0.2) is 17.3 Å². The van der Waals surface area contributed by atoms with Gasteiger partial charge in [-0.1, -0.05) is 17.7 Å². The van der Waals surface area contributed by atoms with Crippen molar-refractivity contribution in [2.45, 2.75) is 25.6 Å². The van der Waals surface area contributed by atoms with Crippen LogP contribution in [0.1, 0.15) is 42.3 Å². The van der Waals surface area contributed by atoms with E-state index < -0.39 is 17.9 Å². The molecule has 0 radical (unpaired) electrons. The van der Waals surface area contributed by atoms with E-state index in [0.29, 0.717) is 29.4 Å². The molecule has 2 aliphatic heterocycles. The molecule has 2 heterocycles. The fourth-order valence-electron chi connectivity index (χ4n) is 4.03. The van der Waals surface area contributed by atoms with Gasteiger partial charge in [-0.2, -0.15) is 5.10 Å². The minimum atomic E-state index is -0.922. The van der Waals surface area contributed by atoms with Gasteiger partial charge >= 0.3 is 0 Å². The molecule has 0 fully saturated rings. The Balaban J connectivity index is 1.55. The Kier molecular flexibility index (Phi) is 5.02. The first-order valence-electron chi connectivity index (χ1n) is 10.0. The molecule has 0 spiro atoms. The Morgan fingerprint density at radius 1 is 1.06 bits per heavy atom. The summed E-state index contributed by atoms with van der Waals surface area (Å²) in [6.45, 7) is 2.54. The van der Waals surface area contributed by atoms with Gasteiger partial charge in [-0.15, -0.1) is 0 Å². The van der Waals surface area contributed by atoms with Crippen LogP contribution in [0, 0.1) is 11.6 Å². The van der Waals surface area contributed by atoms with E-state index in [0.717, 1.165) is 34.7 Å². The Labute approximate surface area is 183 Å². The lowest BCUT2D eigenvalue weighted by Gasteiger charge is -2.38. The van der Waals surface area contributed by atoms with Gasteiger partial charge in [0.25, 0.3) is 0 Å². The highest BCUT2D eigenvalue weighted by Crippen LogP contribution is 2.48. The van der Waals surface area contributed by atoms with Gasteiger partial charge in [0.05, 0.1) is 18.4 Å². The molecule has 3 aromatic carbocycles. The van der Waals surface area contributed by atoms with Crippen LogP contribution in [-0.2, 0) is 0 Å². The van der Waals surface area contributed by atoms with Crippen molar-refractivity contribution in [2.75, 3.05) is 6.61 Å². The number of nitrogens with zero attached hydrogens (tertiary/aromatic N) is 2. The summed E-state index contributed by atoms with van der Waals surface area (Å²) in [5.74, 6) is -0.371. The zero-order chi connectivity index (χ0) is 21.5. The van der Waals surface area contributed by atoms with Gasteiger partial charge in [-0.25, -0.2) is 13.8 Å². The van der Waals surface area contributed by atoms with Crippen molar-refractivity contribution in [1.29, 1.82) is 0 Å². The van der Waals surface area contributed by atoms with E-state index >= 15 is 0 Å². The molecule has 4 nitrogen and oxygen atoms in total. The third-order valence-corrected chi connectivity index (χ3v) is 5.71. The molecule has 0 unspecified atom stereocenters. The van der Waals surface area contributed by atoms with E-state index in [4.69, 9.17) is 26.2 Å². The molecule has 0 saturated heterocycles. The number of halogens is 3. The molecule has 0 amide bonds. The number of hydrogen-bond donors (Lipinski definition) is 0. The molecule has 0 N–H and O–H groups in total. The lowest BCUT2D eigenvalue weighted by atomic mass is 9.96. The van der Waals surface area contributed by atoms with Crippen molar-refractivity contribution in [2.24, 2.45) is 5.10 Å². The summed E-state index contributed by atoms with van der Waals surface area (Å²) in [4.78, 5) is 0. The molecule has 0 aliphatic carbocycles. The van der Waals surface area contributed by atoms with Crippen LogP contribution in [0.25, 0.3) is 0 Å².